The van der Waals surface area contributed by atoms with Gasteiger partial charge in [0.15, 0.2) is 0 Å². The van der Waals surface area contributed by atoms with Crippen molar-refractivity contribution >= 4 is 41.6 Å². The molecule has 3 nitrogen and oxygen atoms in total. The Morgan fingerprint density at radius 2 is 2.29 bits per heavy atom. The van der Waals surface area contributed by atoms with Gasteiger partial charge in [0.25, 0.3) is 0 Å². The molecule has 0 aliphatic rings. The fraction of sp³-hybridized carbons (Fsp3) is 0.100. The molecule has 14 heavy (non-hydrogen) atoms. The third-order valence-electron chi connectivity index (χ3n) is 1.40. The van der Waals surface area contributed by atoms with Gasteiger partial charge in [0, 0.05) is 29.6 Å². The van der Waals surface area contributed by atoms with Crippen molar-refractivity contribution in [3.63, 3.8) is 0 Å². The molecule has 0 fully saturated rings. The predicted octanol–water partition coefficient (Wildman–Crippen LogP) is 0.608. The van der Waals surface area contributed by atoms with Gasteiger partial charge in [0.2, 0.25) is 0 Å². The molecule has 1 heterocycles. The van der Waals surface area contributed by atoms with Crippen LogP contribution in [0.5, 0.6) is 0 Å². The van der Waals surface area contributed by atoms with Crippen molar-refractivity contribution in [1.29, 1.82) is 0 Å². The van der Waals surface area contributed by atoms with Gasteiger partial charge in [-0.2, -0.15) is 0 Å². The summed E-state index contributed by atoms with van der Waals surface area (Å²) < 4.78 is 5.01. The average molecular weight is 200 g/mol. The molecular weight excluding hydrogens is 191 g/mol. The molecule has 0 N–H and O–H groups in total. The van der Waals surface area contributed by atoms with Crippen LogP contribution in [0.3, 0.4) is 0 Å². The van der Waals surface area contributed by atoms with Crippen LogP contribution in [-0.2, 0) is 4.79 Å². The second-order valence-electron chi connectivity index (χ2n) is 2.56. The number of carboxylic acids is 1. The van der Waals surface area contributed by atoms with Gasteiger partial charge >= 0.3 is 0 Å². The van der Waals surface area contributed by atoms with Crippen molar-refractivity contribution < 1.29 is 14.3 Å². The summed E-state index contributed by atoms with van der Waals surface area (Å²) >= 11 is 0. The zero-order valence-electron chi connectivity index (χ0n) is 8.19. The number of furan rings is 1. The number of carboxylic acid groups (broad SMARTS) is 1. The summed E-state index contributed by atoms with van der Waals surface area (Å²) in [5.41, 5.74) is 0.608. The van der Waals surface area contributed by atoms with Crippen LogP contribution in [0.1, 0.15) is 12.7 Å². The molecule has 1 rings (SSSR count). The normalized spacial score (nSPS) is 11.4. The zero-order chi connectivity index (χ0) is 9.68. The first kappa shape index (κ1) is 13.2. The Morgan fingerprint density at radius 3 is 2.79 bits per heavy atom. The topological polar surface area (TPSA) is 53.3 Å². The Morgan fingerprint density at radius 1 is 1.57 bits per heavy atom. The van der Waals surface area contributed by atoms with Crippen molar-refractivity contribution in [2.45, 2.75) is 6.92 Å². The molecule has 0 bridgehead atoms. The van der Waals surface area contributed by atoms with E-state index < -0.39 is 5.97 Å². The summed E-state index contributed by atoms with van der Waals surface area (Å²) in [6.45, 7) is 1.68. The van der Waals surface area contributed by atoms with Crippen molar-refractivity contribution in [2.24, 2.45) is 0 Å². The van der Waals surface area contributed by atoms with Crippen molar-refractivity contribution in [2.75, 3.05) is 0 Å². The molecule has 1 radical (unpaired) electrons. The Kier molecular flexibility index (Phi) is 6.28. The van der Waals surface area contributed by atoms with Crippen LogP contribution in [0.25, 0.3) is 6.08 Å². The van der Waals surface area contributed by atoms with Crippen molar-refractivity contribution in [3.05, 3.63) is 41.9 Å². The van der Waals surface area contributed by atoms with Gasteiger partial charge in [-0.3, -0.25) is 0 Å². The van der Waals surface area contributed by atoms with Crippen LogP contribution in [0.15, 0.2) is 40.5 Å². The molecule has 4 heteroatoms. The van der Waals surface area contributed by atoms with Gasteiger partial charge in [0.1, 0.15) is 5.76 Å². The number of allylic oxidation sites excluding steroid dienone is 2. The number of carbonyl (C=O) groups excluding carboxylic acids is 1. The molecule has 1 aromatic rings. The smallest absolute Gasteiger partial charge is 0.126 e. The molecule has 0 aromatic carbocycles. The van der Waals surface area contributed by atoms with Gasteiger partial charge in [-0.05, 0) is 36.8 Å². The standard InChI is InChI=1S/C10H10O3.Na/c1-8(7-10(11)12)4-5-9-3-2-6-13-9;/h2-7H,1H3,(H,11,12);/p-1/b5-4+,8-7-;. The van der Waals surface area contributed by atoms with Crippen molar-refractivity contribution in [1.82, 2.24) is 0 Å². The molecule has 0 unspecified atom stereocenters. The van der Waals surface area contributed by atoms with Gasteiger partial charge in [0.05, 0.1) is 12.2 Å². The molecule has 0 saturated heterocycles. The molecule has 0 spiro atoms. The molecule has 0 amide bonds. The summed E-state index contributed by atoms with van der Waals surface area (Å²) in [5.74, 6) is -0.507. The van der Waals surface area contributed by atoms with Crippen LogP contribution >= 0.6 is 0 Å². The van der Waals surface area contributed by atoms with E-state index in [2.05, 4.69) is 0 Å². The summed E-state index contributed by atoms with van der Waals surface area (Å²) in [5, 5.41) is 10.1. The molecule has 0 aliphatic heterocycles. The minimum atomic E-state index is -1.19. The van der Waals surface area contributed by atoms with Gasteiger partial charge in [-0.15, -0.1) is 0 Å². The maximum atomic E-state index is 10.1. The number of carbonyl (C=O) groups is 1. The van der Waals surface area contributed by atoms with E-state index in [-0.39, 0.29) is 29.6 Å². The summed E-state index contributed by atoms with van der Waals surface area (Å²) in [4.78, 5) is 10.1. The summed E-state index contributed by atoms with van der Waals surface area (Å²) in [6.07, 6.45) is 5.92. The van der Waals surface area contributed by atoms with E-state index in [4.69, 9.17) is 4.42 Å². The van der Waals surface area contributed by atoms with Crippen LogP contribution in [0.4, 0.5) is 0 Å². The maximum Gasteiger partial charge on any atom is 0.126 e. The van der Waals surface area contributed by atoms with E-state index in [0.29, 0.717) is 11.3 Å². The Bertz CT molecular complexity index is 336. The average Bonchev–Trinajstić information content (AvgIpc) is 2.51. The van der Waals surface area contributed by atoms with E-state index >= 15 is 0 Å². The molecule has 0 aliphatic carbocycles. The Labute approximate surface area is 104 Å². The van der Waals surface area contributed by atoms with E-state index in [1.54, 1.807) is 37.5 Å². The van der Waals surface area contributed by atoms with Crippen LogP contribution in [-0.4, -0.2) is 35.5 Å². The first-order chi connectivity index (χ1) is 6.18. The fourth-order valence-electron chi connectivity index (χ4n) is 0.834. The monoisotopic (exact) mass is 200 g/mol. The molecule has 0 atom stereocenters. The number of hydrogen-bond acceptors (Lipinski definition) is 3. The number of rotatable bonds is 3. The van der Waals surface area contributed by atoms with Crippen LogP contribution in [0, 0.1) is 0 Å². The SMILES string of the molecule is CC(=C/C(=O)[O-])/C=C/c1ccco1.[Na]. The predicted molar refractivity (Wildman–Crippen MR) is 52.3 cm³/mol. The number of aliphatic carboxylic acids is 1. The Balaban J connectivity index is 0.00000169. The molecule has 0 saturated carbocycles. The van der Waals surface area contributed by atoms with Gasteiger partial charge in [-0.1, -0.05) is 6.08 Å². The largest absolute Gasteiger partial charge is 0.545 e. The quantitative estimate of drug-likeness (QED) is 0.408. The fourth-order valence-corrected chi connectivity index (χ4v) is 0.834. The molecule has 69 valence electrons. The van der Waals surface area contributed by atoms with E-state index in [9.17, 15) is 9.90 Å². The number of hydrogen-bond donors (Lipinski definition) is 0. The zero-order valence-corrected chi connectivity index (χ0v) is 10.2. The second kappa shape index (κ2) is 6.65. The van der Waals surface area contributed by atoms with Gasteiger partial charge in [-0.25, -0.2) is 0 Å². The molecular formula is C10H9NaO3-. The maximum absolute atomic E-state index is 10.1. The minimum Gasteiger partial charge on any atom is -0.545 e. The van der Waals surface area contributed by atoms with E-state index in [1.807, 2.05) is 0 Å². The van der Waals surface area contributed by atoms with Gasteiger partial charge < -0.3 is 14.3 Å². The van der Waals surface area contributed by atoms with E-state index in [0.717, 1.165) is 6.08 Å². The van der Waals surface area contributed by atoms with Crippen molar-refractivity contribution in [3.8, 4) is 0 Å². The summed E-state index contributed by atoms with van der Waals surface area (Å²) in [6, 6.07) is 3.54. The third-order valence-corrected chi connectivity index (χ3v) is 1.40. The first-order valence-electron chi connectivity index (χ1n) is 3.79. The first-order valence-corrected chi connectivity index (χ1v) is 3.79. The Hall–Kier alpha value is -0.770. The van der Waals surface area contributed by atoms with E-state index in [1.165, 1.54) is 0 Å². The third kappa shape index (κ3) is 5.07. The second-order valence-corrected chi connectivity index (χ2v) is 2.56. The van der Waals surface area contributed by atoms with Crippen LogP contribution < -0.4 is 5.11 Å². The molecule has 1 aromatic heterocycles. The van der Waals surface area contributed by atoms with Crippen LogP contribution in [0.2, 0.25) is 0 Å². The summed E-state index contributed by atoms with van der Waals surface area (Å²) in [7, 11) is 0. The minimum absolute atomic E-state index is 0.